The van der Waals surface area contributed by atoms with Crippen molar-refractivity contribution in [3.8, 4) is 0 Å². The van der Waals surface area contributed by atoms with Gasteiger partial charge in [-0.05, 0) is 37.6 Å². The van der Waals surface area contributed by atoms with Crippen molar-refractivity contribution in [2.75, 3.05) is 26.7 Å². The van der Waals surface area contributed by atoms with Crippen LogP contribution in [0.5, 0.6) is 0 Å². The number of para-hydroxylation sites is 1. The van der Waals surface area contributed by atoms with Crippen molar-refractivity contribution in [2.24, 2.45) is 5.92 Å². The smallest absolute Gasteiger partial charge is 0.408 e. The molecular weight excluding hydrogens is 326 g/mol. The van der Waals surface area contributed by atoms with Gasteiger partial charge in [-0.2, -0.15) is 0 Å². The molecule has 1 saturated heterocycles. The molecular formula is C21H25N3O2. The summed E-state index contributed by atoms with van der Waals surface area (Å²) in [6.07, 6.45) is 1.24. The zero-order chi connectivity index (χ0) is 17.9. The molecule has 4 rings (SSSR count). The van der Waals surface area contributed by atoms with Crippen LogP contribution < -0.4 is 5.76 Å². The Hall–Kier alpha value is -2.37. The summed E-state index contributed by atoms with van der Waals surface area (Å²) in [7, 11) is 2.14. The van der Waals surface area contributed by atoms with Crippen LogP contribution in [0.4, 0.5) is 0 Å². The van der Waals surface area contributed by atoms with Crippen LogP contribution in [0.3, 0.4) is 0 Å². The highest BCUT2D eigenvalue weighted by Gasteiger charge is 2.23. The van der Waals surface area contributed by atoms with Crippen molar-refractivity contribution in [3.05, 3.63) is 70.2 Å². The summed E-state index contributed by atoms with van der Waals surface area (Å²) in [5.41, 5.74) is 3.90. The van der Waals surface area contributed by atoms with Crippen LogP contribution in [-0.2, 0) is 13.1 Å². The fraction of sp³-hybridized carbons (Fsp3) is 0.381. The molecule has 136 valence electrons. The van der Waals surface area contributed by atoms with E-state index in [-0.39, 0.29) is 5.76 Å². The van der Waals surface area contributed by atoms with E-state index in [1.165, 1.54) is 12.0 Å². The highest BCUT2D eigenvalue weighted by atomic mass is 16.4. The molecule has 5 heteroatoms. The molecule has 2 heterocycles. The number of nitrogens with one attached hydrogen (secondary N) is 1. The van der Waals surface area contributed by atoms with Gasteiger partial charge in [-0.25, -0.2) is 4.79 Å². The second-order valence-electron chi connectivity index (χ2n) is 7.38. The van der Waals surface area contributed by atoms with Crippen LogP contribution in [0.2, 0.25) is 0 Å². The van der Waals surface area contributed by atoms with Gasteiger partial charge in [-0.15, -0.1) is 0 Å². The lowest BCUT2D eigenvalue weighted by Crippen LogP contribution is -2.28. The molecule has 0 bridgehead atoms. The van der Waals surface area contributed by atoms with Crippen LogP contribution >= 0.6 is 0 Å². The summed E-state index contributed by atoms with van der Waals surface area (Å²) in [5, 5.41) is 0. The van der Waals surface area contributed by atoms with Gasteiger partial charge >= 0.3 is 5.76 Å². The summed E-state index contributed by atoms with van der Waals surface area (Å²) in [6, 6.07) is 16.6. The van der Waals surface area contributed by atoms with Gasteiger partial charge in [-0.1, -0.05) is 42.5 Å². The third-order valence-electron chi connectivity index (χ3n) is 5.16. The first-order valence-corrected chi connectivity index (χ1v) is 9.23. The number of fused-ring (bicyclic) bond motifs is 1. The molecule has 1 unspecified atom stereocenters. The third kappa shape index (κ3) is 3.89. The molecule has 1 aliphatic rings. The molecule has 0 aliphatic carbocycles. The van der Waals surface area contributed by atoms with E-state index in [1.807, 2.05) is 18.2 Å². The Morgan fingerprint density at radius 3 is 2.88 bits per heavy atom. The Kier molecular flexibility index (Phi) is 4.91. The molecule has 0 radical (unpaired) electrons. The average Bonchev–Trinajstić information content (AvgIpc) is 3.22. The standard InChI is InChI=1S/C21H25N3O2/c1-23(15-18-8-5-9-19-20(18)26-21(25)22-19)12-17-10-11-24(14-17)13-16-6-3-2-4-7-16/h2-9,17H,10-15H2,1H3,(H,22,25). The Labute approximate surface area is 153 Å². The molecule has 2 aromatic carbocycles. The predicted octanol–water partition coefficient (Wildman–Crippen LogP) is 3.08. The zero-order valence-corrected chi connectivity index (χ0v) is 15.1. The Morgan fingerprint density at radius 2 is 2.04 bits per heavy atom. The number of nitrogens with zero attached hydrogens (tertiary/aromatic N) is 2. The zero-order valence-electron chi connectivity index (χ0n) is 15.1. The largest absolute Gasteiger partial charge is 0.417 e. The first kappa shape index (κ1) is 17.1. The highest BCUT2D eigenvalue weighted by molar-refractivity contribution is 5.75. The molecule has 1 fully saturated rings. The minimum atomic E-state index is -0.387. The van der Waals surface area contributed by atoms with Crippen molar-refractivity contribution >= 4 is 11.1 Å². The van der Waals surface area contributed by atoms with E-state index in [1.54, 1.807) is 0 Å². The SMILES string of the molecule is CN(Cc1cccc2[nH]c(=O)oc12)CC1CCN(Cc2ccccc2)C1. The van der Waals surface area contributed by atoms with Gasteiger partial charge < -0.3 is 9.32 Å². The summed E-state index contributed by atoms with van der Waals surface area (Å²) in [4.78, 5) is 19.1. The maximum Gasteiger partial charge on any atom is 0.417 e. The number of aromatic amines is 1. The number of rotatable bonds is 6. The first-order valence-electron chi connectivity index (χ1n) is 9.23. The summed E-state index contributed by atoms with van der Waals surface area (Å²) < 4.78 is 5.31. The maximum absolute atomic E-state index is 11.5. The molecule has 5 nitrogen and oxygen atoms in total. The van der Waals surface area contributed by atoms with E-state index in [0.717, 1.165) is 43.8 Å². The van der Waals surface area contributed by atoms with Gasteiger partial charge in [0, 0.05) is 31.7 Å². The van der Waals surface area contributed by atoms with E-state index in [9.17, 15) is 4.79 Å². The minimum absolute atomic E-state index is 0.387. The summed E-state index contributed by atoms with van der Waals surface area (Å²) in [5.74, 6) is 0.295. The second kappa shape index (κ2) is 7.48. The van der Waals surface area contributed by atoms with Crippen molar-refractivity contribution in [2.45, 2.75) is 19.5 Å². The van der Waals surface area contributed by atoms with E-state index in [0.29, 0.717) is 11.5 Å². The lowest BCUT2D eigenvalue weighted by molar-refractivity contribution is 0.254. The number of hydrogen-bond acceptors (Lipinski definition) is 4. The lowest BCUT2D eigenvalue weighted by atomic mass is 10.1. The molecule has 1 aromatic heterocycles. The Bertz CT molecular complexity index is 916. The third-order valence-corrected chi connectivity index (χ3v) is 5.16. The summed E-state index contributed by atoms with van der Waals surface area (Å²) >= 11 is 0. The van der Waals surface area contributed by atoms with Crippen LogP contribution in [0.15, 0.2) is 57.7 Å². The van der Waals surface area contributed by atoms with Crippen molar-refractivity contribution in [3.63, 3.8) is 0 Å². The van der Waals surface area contributed by atoms with Gasteiger partial charge in [0.15, 0.2) is 5.58 Å². The van der Waals surface area contributed by atoms with E-state index in [2.05, 4.69) is 52.2 Å². The molecule has 0 amide bonds. The first-order chi connectivity index (χ1) is 12.7. The fourth-order valence-electron chi connectivity index (χ4n) is 4.00. The van der Waals surface area contributed by atoms with Crippen LogP contribution in [0.1, 0.15) is 17.5 Å². The van der Waals surface area contributed by atoms with Gasteiger partial charge in [0.1, 0.15) is 0 Å². The molecule has 26 heavy (non-hydrogen) atoms. The molecule has 0 spiro atoms. The van der Waals surface area contributed by atoms with Crippen molar-refractivity contribution in [1.29, 1.82) is 0 Å². The number of aromatic nitrogens is 1. The predicted molar refractivity (Wildman–Crippen MR) is 103 cm³/mol. The summed E-state index contributed by atoms with van der Waals surface area (Å²) in [6.45, 7) is 5.18. The molecule has 1 N–H and O–H groups in total. The van der Waals surface area contributed by atoms with Crippen LogP contribution in [0.25, 0.3) is 11.1 Å². The topological polar surface area (TPSA) is 52.5 Å². The van der Waals surface area contributed by atoms with E-state index < -0.39 is 0 Å². The average molecular weight is 351 g/mol. The van der Waals surface area contributed by atoms with Gasteiger partial charge in [0.05, 0.1) is 5.52 Å². The lowest BCUT2D eigenvalue weighted by Gasteiger charge is -2.21. The van der Waals surface area contributed by atoms with Gasteiger partial charge in [0.2, 0.25) is 0 Å². The minimum Gasteiger partial charge on any atom is -0.408 e. The highest BCUT2D eigenvalue weighted by Crippen LogP contribution is 2.21. The van der Waals surface area contributed by atoms with Crippen molar-refractivity contribution < 1.29 is 4.42 Å². The Balaban J connectivity index is 1.33. The molecule has 1 aliphatic heterocycles. The number of oxazole rings is 1. The van der Waals surface area contributed by atoms with Gasteiger partial charge in [-0.3, -0.25) is 9.88 Å². The van der Waals surface area contributed by atoms with Crippen LogP contribution in [-0.4, -0.2) is 41.5 Å². The monoisotopic (exact) mass is 351 g/mol. The molecule has 0 saturated carbocycles. The van der Waals surface area contributed by atoms with E-state index >= 15 is 0 Å². The number of H-pyrrole nitrogens is 1. The van der Waals surface area contributed by atoms with Crippen molar-refractivity contribution in [1.82, 2.24) is 14.8 Å². The van der Waals surface area contributed by atoms with Crippen LogP contribution in [0, 0.1) is 5.92 Å². The number of likely N-dealkylation sites (tertiary alicyclic amines) is 1. The quantitative estimate of drug-likeness (QED) is 0.741. The maximum atomic E-state index is 11.5. The number of benzene rings is 2. The molecule has 3 aromatic rings. The normalized spacial score (nSPS) is 18.2. The fourth-order valence-corrected chi connectivity index (χ4v) is 4.00. The van der Waals surface area contributed by atoms with Gasteiger partial charge in [0.25, 0.3) is 0 Å². The number of hydrogen-bond donors (Lipinski definition) is 1. The second-order valence-corrected chi connectivity index (χ2v) is 7.38. The molecule has 1 atom stereocenters. The Morgan fingerprint density at radius 1 is 1.19 bits per heavy atom. The van der Waals surface area contributed by atoms with E-state index in [4.69, 9.17) is 4.42 Å².